The van der Waals surface area contributed by atoms with Gasteiger partial charge in [-0.15, -0.1) is 0 Å². The normalized spacial score (nSPS) is 15.4. The molecule has 0 N–H and O–H groups in total. The number of carbonyl (C=O) groups is 1. The fraction of sp³-hybridized carbons (Fsp3) is 0.462. The van der Waals surface area contributed by atoms with Gasteiger partial charge in [-0.25, -0.2) is 4.79 Å². The zero-order chi connectivity index (χ0) is 10.9. The Morgan fingerprint density at radius 2 is 2.47 bits per heavy atom. The molecule has 1 aliphatic carbocycles. The average Bonchev–Trinajstić information content (AvgIpc) is 2.26. The minimum atomic E-state index is -0.329. The van der Waals surface area contributed by atoms with Crippen LogP contribution >= 0.6 is 0 Å². The van der Waals surface area contributed by atoms with Crippen LogP contribution in [0.1, 0.15) is 32.6 Å². The van der Waals surface area contributed by atoms with Gasteiger partial charge in [0.2, 0.25) is 0 Å². The summed E-state index contributed by atoms with van der Waals surface area (Å²) in [6.45, 7) is 2.19. The molecule has 0 amide bonds. The van der Waals surface area contributed by atoms with Gasteiger partial charge in [-0.05, 0) is 44.3 Å². The van der Waals surface area contributed by atoms with E-state index < -0.39 is 0 Å². The highest BCUT2D eigenvalue weighted by Gasteiger charge is 1.98. The van der Waals surface area contributed by atoms with E-state index in [-0.39, 0.29) is 5.97 Å². The molecule has 15 heavy (non-hydrogen) atoms. The zero-order valence-electron chi connectivity index (χ0n) is 9.08. The van der Waals surface area contributed by atoms with Crippen molar-refractivity contribution in [2.45, 2.75) is 32.6 Å². The summed E-state index contributed by atoms with van der Waals surface area (Å²) < 4.78 is 4.73. The highest BCUT2D eigenvalue weighted by atomic mass is 16.5. The Kier molecular flexibility index (Phi) is 5.32. The van der Waals surface area contributed by atoms with E-state index in [1.165, 1.54) is 24.5 Å². The molecule has 1 aliphatic rings. The molecular formula is C13H16O2. The Morgan fingerprint density at radius 1 is 1.60 bits per heavy atom. The summed E-state index contributed by atoms with van der Waals surface area (Å²) in [5.41, 5.74) is 1.19. The fourth-order valence-electron chi connectivity index (χ4n) is 1.39. The fourth-order valence-corrected chi connectivity index (χ4v) is 1.39. The van der Waals surface area contributed by atoms with Gasteiger partial charge in [0.25, 0.3) is 0 Å². The maximum absolute atomic E-state index is 10.9. The third-order valence-electron chi connectivity index (χ3n) is 2.11. The molecule has 0 atom stereocenters. The van der Waals surface area contributed by atoms with E-state index >= 15 is 0 Å². The first-order valence-electron chi connectivity index (χ1n) is 5.37. The zero-order valence-corrected chi connectivity index (χ0v) is 9.08. The molecule has 0 aromatic heterocycles. The lowest BCUT2D eigenvalue weighted by Crippen LogP contribution is -1.98. The highest BCUT2D eigenvalue weighted by molar-refractivity contribution is 5.82. The largest absolute Gasteiger partial charge is 0.463 e. The molecule has 80 valence electrons. The van der Waals surface area contributed by atoms with Crippen molar-refractivity contribution >= 4 is 5.97 Å². The second kappa shape index (κ2) is 6.89. The first-order valence-corrected chi connectivity index (χ1v) is 5.37. The molecule has 0 bridgehead atoms. The molecule has 0 saturated carbocycles. The van der Waals surface area contributed by atoms with Gasteiger partial charge in [-0.1, -0.05) is 17.9 Å². The van der Waals surface area contributed by atoms with Crippen molar-refractivity contribution in [3.05, 3.63) is 23.8 Å². The quantitative estimate of drug-likeness (QED) is 0.392. The number of esters is 1. The van der Waals surface area contributed by atoms with E-state index in [4.69, 9.17) is 4.74 Å². The number of ether oxygens (including phenoxy) is 1. The van der Waals surface area contributed by atoms with Gasteiger partial charge in [-0.3, -0.25) is 0 Å². The standard InChI is InChI=1S/C13H16O2/c1-2-15-13(14)11-7-6-10-12-8-4-3-5-9-12/h7-8,11H,2-5,9H2,1H3/b11-7+. The first-order chi connectivity index (χ1) is 7.33. The lowest BCUT2D eigenvalue weighted by atomic mass is 10.0. The van der Waals surface area contributed by atoms with Crippen LogP contribution in [0.5, 0.6) is 0 Å². The summed E-state index contributed by atoms with van der Waals surface area (Å²) in [4.78, 5) is 10.9. The Balaban J connectivity index is 2.38. The van der Waals surface area contributed by atoms with Gasteiger partial charge in [0.05, 0.1) is 6.61 Å². The minimum absolute atomic E-state index is 0.329. The van der Waals surface area contributed by atoms with Crippen molar-refractivity contribution in [3.63, 3.8) is 0 Å². The number of rotatable bonds is 2. The maximum Gasteiger partial charge on any atom is 0.331 e. The lowest BCUT2D eigenvalue weighted by molar-refractivity contribution is -0.137. The molecule has 0 saturated heterocycles. The van der Waals surface area contributed by atoms with Crippen LogP contribution in [0.4, 0.5) is 0 Å². The predicted molar refractivity (Wildman–Crippen MR) is 60.1 cm³/mol. The Hall–Kier alpha value is -1.49. The molecule has 0 fully saturated rings. The second-order valence-corrected chi connectivity index (χ2v) is 3.33. The predicted octanol–water partition coefficient (Wildman–Crippen LogP) is 2.61. The van der Waals surface area contributed by atoms with Crippen LogP contribution in [0, 0.1) is 11.8 Å². The summed E-state index contributed by atoms with van der Waals surface area (Å²) >= 11 is 0. The number of hydrogen-bond acceptors (Lipinski definition) is 2. The van der Waals surface area contributed by atoms with Crippen molar-refractivity contribution in [2.24, 2.45) is 0 Å². The van der Waals surface area contributed by atoms with Crippen LogP contribution in [0.2, 0.25) is 0 Å². The topological polar surface area (TPSA) is 26.3 Å². The van der Waals surface area contributed by atoms with Crippen LogP contribution in [-0.4, -0.2) is 12.6 Å². The Bertz CT molecular complexity index is 326. The Labute approximate surface area is 91.0 Å². The number of allylic oxidation sites excluding steroid dienone is 3. The van der Waals surface area contributed by atoms with Gasteiger partial charge in [-0.2, -0.15) is 0 Å². The van der Waals surface area contributed by atoms with Gasteiger partial charge >= 0.3 is 5.97 Å². The van der Waals surface area contributed by atoms with Crippen molar-refractivity contribution in [1.29, 1.82) is 0 Å². The molecule has 0 aromatic rings. The summed E-state index contributed by atoms with van der Waals surface area (Å²) in [6, 6.07) is 0. The second-order valence-electron chi connectivity index (χ2n) is 3.33. The van der Waals surface area contributed by atoms with Crippen LogP contribution < -0.4 is 0 Å². The van der Waals surface area contributed by atoms with Crippen LogP contribution in [-0.2, 0) is 9.53 Å². The number of carbonyl (C=O) groups excluding carboxylic acids is 1. The summed E-state index contributed by atoms with van der Waals surface area (Å²) in [7, 11) is 0. The van der Waals surface area contributed by atoms with E-state index in [1.807, 2.05) is 0 Å². The molecule has 1 rings (SSSR count). The monoisotopic (exact) mass is 204 g/mol. The SMILES string of the molecule is CCOC(=O)/C=C/C#CC1=CCCCC1. The van der Waals surface area contributed by atoms with Crippen molar-refractivity contribution in [1.82, 2.24) is 0 Å². The molecule has 2 nitrogen and oxygen atoms in total. The van der Waals surface area contributed by atoms with E-state index in [9.17, 15) is 4.79 Å². The molecule has 0 aliphatic heterocycles. The molecule has 2 heteroatoms. The number of hydrogen-bond donors (Lipinski definition) is 0. The first kappa shape index (κ1) is 11.6. The smallest absolute Gasteiger partial charge is 0.331 e. The molecule has 0 radical (unpaired) electrons. The Morgan fingerprint density at radius 3 is 3.13 bits per heavy atom. The van der Waals surface area contributed by atoms with E-state index in [0.717, 1.165) is 12.8 Å². The molecular weight excluding hydrogens is 188 g/mol. The lowest BCUT2D eigenvalue weighted by Gasteiger charge is -2.05. The third-order valence-corrected chi connectivity index (χ3v) is 2.11. The van der Waals surface area contributed by atoms with Crippen LogP contribution in [0.25, 0.3) is 0 Å². The van der Waals surface area contributed by atoms with Crippen molar-refractivity contribution in [3.8, 4) is 11.8 Å². The summed E-state index contributed by atoms with van der Waals surface area (Å²) in [6.07, 6.45) is 9.78. The van der Waals surface area contributed by atoms with E-state index in [0.29, 0.717) is 6.61 Å². The van der Waals surface area contributed by atoms with Gasteiger partial charge in [0, 0.05) is 6.08 Å². The van der Waals surface area contributed by atoms with Gasteiger partial charge in [0.15, 0.2) is 0 Å². The van der Waals surface area contributed by atoms with Gasteiger partial charge in [0.1, 0.15) is 0 Å². The van der Waals surface area contributed by atoms with Gasteiger partial charge < -0.3 is 4.74 Å². The molecule has 0 unspecified atom stereocenters. The third kappa shape index (κ3) is 5.07. The maximum atomic E-state index is 10.9. The minimum Gasteiger partial charge on any atom is -0.463 e. The van der Waals surface area contributed by atoms with Crippen molar-refractivity contribution in [2.75, 3.05) is 6.61 Å². The van der Waals surface area contributed by atoms with Crippen LogP contribution in [0.15, 0.2) is 23.8 Å². The molecule has 0 aromatic carbocycles. The average molecular weight is 204 g/mol. The molecule has 0 spiro atoms. The highest BCUT2D eigenvalue weighted by Crippen LogP contribution is 2.15. The summed E-state index contributed by atoms with van der Waals surface area (Å²) in [5.74, 6) is 5.55. The molecule has 0 heterocycles. The van der Waals surface area contributed by atoms with E-state index in [2.05, 4.69) is 17.9 Å². The summed E-state index contributed by atoms with van der Waals surface area (Å²) in [5, 5.41) is 0. The van der Waals surface area contributed by atoms with Crippen LogP contribution in [0.3, 0.4) is 0 Å². The van der Waals surface area contributed by atoms with Crippen molar-refractivity contribution < 1.29 is 9.53 Å². The van der Waals surface area contributed by atoms with E-state index in [1.54, 1.807) is 13.0 Å².